The highest BCUT2D eigenvalue weighted by Crippen LogP contribution is 2.30. The number of rotatable bonds is 1. The van der Waals surface area contributed by atoms with Crippen molar-refractivity contribution in [3.8, 4) is 0 Å². The second-order valence-corrected chi connectivity index (χ2v) is 3.60. The molecule has 0 aliphatic rings. The van der Waals surface area contributed by atoms with Crippen LogP contribution in [0.4, 0.5) is 13.2 Å². The van der Waals surface area contributed by atoms with Gasteiger partial charge in [0.05, 0.1) is 11.1 Å². The molecule has 84 valence electrons. The Hall–Kier alpha value is -1.58. The molecule has 0 bridgehead atoms. The minimum absolute atomic E-state index is 0.536. The first-order valence-corrected chi connectivity index (χ1v) is 4.96. The van der Waals surface area contributed by atoms with Crippen LogP contribution in [0.15, 0.2) is 30.5 Å². The van der Waals surface area contributed by atoms with Gasteiger partial charge in [0, 0.05) is 11.6 Å². The van der Waals surface area contributed by atoms with Crippen LogP contribution in [0, 0.1) is 0 Å². The summed E-state index contributed by atoms with van der Waals surface area (Å²) in [4.78, 5) is 3.80. The molecular formula is C12H10F3N. The van der Waals surface area contributed by atoms with Gasteiger partial charge < -0.3 is 0 Å². The third-order valence-corrected chi connectivity index (χ3v) is 2.48. The number of hydrogen-bond acceptors (Lipinski definition) is 1. The number of alkyl halides is 3. The summed E-state index contributed by atoms with van der Waals surface area (Å²) in [5, 5.41) is 0.536. The van der Waals surface area contributed by atoms with E-state index >= 15 is 0 Å². The molecule has 0 saturated carbocycles. The predicted molar refractivity (Wildman–Crippen MR) is 56.1 cm³/mol. The zero-order chi connectivity index (χ0) is 11.8. The van der Waals surface area contributed by atoms with E-state index in [0.29, 0.717) is 10.9 Å². The lowest BCUT2D eigenvalue weighted by molar-refractivity contribution is -0.137. The van der Waals surface area contributed by atoms with Crippen molar-refractivity contribution in [3.05, 3.63) is 41.6 Å². The van der Waals surface area contributed by atoms with E-state index < -0.39 is 11.7 Å². The number of benzene rings is 1. The van der Waals surface area contributed by atoms with Gasteiger partial charge >= 0.3 is 6.18 Å². The molecule has 2 aromatic rings. The third-order valence-electron chi connectivity index (χ3n) is 2.48. The van der Waals surface area contributed by atoms with Crippen LogP contribution in [-0.4, -0.2) is 4.98 Å². The van der Waals surface area contributed by atoms with Gasteiger partial charge in [-0.2, -0.15) is 13.2 Å². The van der Waals surface area contributed by atoms with Crippen LogP contribution in [0.3, 0.4) is 0 Å². The fraction of sp³-hybridized carbons (Fsp3) is 0.250. The average Bonchev–Trinajstić information content (AvgIpc) is 2.26. The molecule has 0 aliphatic heterocycles. The van der Waals surface area contributed by atoms with Crippen molar-refractivity contribution in [2.45, 2.75) is 19.5 Å². The van der Waals surface area contributed by atoms with E-state index in [1.807, 2.05) is 13.0 Å². The molecule has 0 saturated heterocycles. The molecule has 0 unspecified atom stereocenters. The van der Waals surface area contributed by atoms with Gasteiger partial charge in [0.25, 0.3) is 0 Å². The first-order chi connectivity index (χ1) is 7.50. The quantitative estimate of drug-likeness (QED) is 0.719. The number of halogens is 3. The number of aryl methyl sites for hydroxylation is 1. The molecule has 1 nitrogen and oxygen atoms in total. The summed E-state index contributed by atoms with van der Waals surface area (Å²) >= 11 is 0. The predicted octanol–water partition coefficient (Wildman–Crippen LogP) is 3.82. The molecule has 0 spiro atoms. The van der Waals surface area contributed by atoms with Crippen LogP contribution < -0.4 is 0 Å². The summed E-state index contributed by atoms with van der Waals surface area (Å²) in [5.41, 5.74) is 0.895. The van der Waals surface area contributed by atoms with Gasteiger partial charge in [-0.1, -0.05) is 13.0 Å². The molecule has 1 heterocycles. The molecule has 1 aromatic heterocycles. The highest BCUT2D eigenvalue weighted by Gasteiger charge is 2.30. The van der Waals surface area contributed by atoms with Crippen molar-refractivity contribution < 1.29 is 13.2 Å². The minimum atomic E-state index is -4.33. The number of nitrogens with zero attached hydrogens (tertiary/aromatic N) is 1. The lowest BCUT2D eigenvalue weighted by Gasteiger charge is -2.07. The largest absolute Gasteiger partial charge is 0.417 e. The summed E-state index contributed by atoms with van der Waals surface area (Å²) in [7, 11) is 0. The molecule has 2 rings (SSSR count). The molecule has 4 heteroatoms. The van der Waals surface area contributed by atoms with E-state index in [1.54, 1.807) is 12.1 Å². The van der Waals surface area contributed by atoms with Crippen molar-refractivity contribution >= 4 is 10.9 Å². The summed E-state index contributed by atoms with van der Waals surface area (Å²) < 4.78 is 37.4. The summed E-state index contributed by atoms with van der Waals surface area (Å²) in [5.74, 6) is 0. The van der Waals surface area contributed by atoms with Gasteiger partial charge in [-0.15, -0.1) is 0 Å². The summed E-state index contributed by atoms with van der Waals surface area (Å²) in [6.07, 6.45) is -2.66. The molecule has 0 radical (unpaired) electrons. The van der Waals surface area contributed by atoms with Gasteiger partial charge in [-0.05, 0) is 30.2 Å². The first-order valence-electron chi connectivity index (χ1n) is 4.96. The fourth-order valence-electron chi connectivity index (χ4n) is 1.56. The van der Waals surface area contributed by atoms with E-state index in [9.17, 15) is 13.2 Å². The zero-order valence-corrected chi connectivity index (χ0v) is 8.67. The van der Waals surface area contributed by atoms with Crippen LogP contribution in [-0.2, 0) is 12.6 Å². The molecule has 0 aliphatic carbocycles. The van der Waals surface area contributed by atoms with Gasteiger partial charge in [0.15, 0.2) is 0 Å². The molecule has 0 atom stereocenters. The molecular weight excluding hydrogens is 215 g/mol. The molecule has 16 heavy (non-hydrogen) atoms. The van der Waals surface area contributed by atoms with Gasteiger partial charge in [0.1, 0.15) is 0 Å². The van der Waals surface area contributed by atoms with Gasteiger partial charge in [0.2, 0.25) is 0 Å². The Bertz CT molecular complexity index is 517. The van der Waals surface area contributed by atoms with Crippen LogP contribution in [0.1, 0.15) is 18.1 Å². The van der Waals surface area contributed by atoms with E-state index in [0.717, 1.165) is 24.2 Å². The van der Waals surface area contributed by atoms with Gasteiger partial charge in [-0.25, -0.2) is 0 Å². The zero-order valence-electron chi connectivity index (χ0n) is 8.67. The third kappa shape index (κ3) is 2.01. The Labute approximate surface area is 90.9 Å². The Morgan fingerprint density at radius 3 is 2.56 bits per heavy atom. The second-order valence-electron chi connectivity index (χ2n) is 3.60. The Balaban J connectivity index is 2.59. The maximum Gasteiger partial charge on any atom is 0.417 e. The van der Waals surface area contributed by atoms with Crippen molar-refractivity contribution in [2.75, 3.05) is 0 Å². The van der Waals surface area contributed by atoms with Crippen molar-refractivity contribution in [2.24, 2.45) is 0 Å². The molecule has 1 aromatic carbocycles. The number of fused-ring (bicyclic) bond motifs is 1. The number of hydrogen-bond donors (Lipinski definition) is 0. The lowest BCUT2D eigenvalue weighted by Crippen LogP contribution is -2.05. The second kappa shape index (κ2) is 3.77. The van der Waals surface area contributed by atoms with Crippen LogP contribution in [0.25, 0.3) is 10.9 Å². The number of pyridine rings is 1. The van der Waals surface area contributed by atoms with E-state index in [2.05, 4.69) is 4.98 Å². The molecule has 0 amide bonds. The number of aromatic nitrogens is 1. The highest BCUT2D eigenvalue weighted by molar-refractivity contribution is 5.79. The first kappa shape index (κ1) is 10.9. The van der Waals surface area contributed by atoms with Crippen molar-refractivity contribution in [1.29, 1.82) is 0 Å². The van der Waals surface area contributed by atoms with Crippen molar-refractivity contribution in [3.63, 3.8) is 0 Å². The van der Waals surface area contributed by atoms with Crippen molar-refractivity contribution in [1.82, 2.24) is 4.98 Å². The fourth-order valence-corrected chi connectivity index (χ4v) is 1.56. The Kier molecular flexibility index (Phi) is 2.58. The average molecular weight is 225 g/mol. The highest BCUT2D eigenvalue weighted by atomic mass is 19.4. The molecule has 0 fully saturated rings. The Morgan fingerprint density at radius 1 is 1.19 bits per heavy atom. The standard InChI is InChI=1S/C12H10F3N/c1-2-8-3-4-11-9(5-8)6-10(7-16-11)12(13,14)15/h3-7H,2H2,1H3. The smallest absolute Gasteiger partial charge is 0.256 e. The van der Waals surface area contributed by atoms with Crippen LogP contribution >= 0.6 is 0 Å². The van der Waals surface area contributed by atoms with Gasteiger partial charge in [-0.3, -0.25) is 4.98 Å². The lowest BCUT2D eigenvalue weighted by atomic mass is 10.1. The van der Waals surface area contributed by atoms with Crippen LogP contribution in [0.5, 0.6) is 0 Å². The van der Waals surface area contributed by atoms with E-state index in [-0.39, 0.29) is 0 Å². The SMILES string of the molecule is CCc1ccc2ncc(C(F)(F)F)cc2c1. The maximum absolute atomic E-state index is 12.5. The maximum atomic E-state index is 12.5. The molecule has 0 N–H and O–H groups in total. The topological polar surface area (TPSA) is 12.9 Å². The summed E-state index contributed by atoms with van der Waals surface area (Å²) in [6.45, 7) is 1.96. The Morgan fingerprint density at radius 2 is 1.94 bits per heavy atom. The normalized spacial score (nSPS) is 12.0. The summed E-state index contributed by atoms with van der Waals surface area (Å²) in [6, 6.07) is 6.51. The monoisotopic (exact) mass is 225 g/mol. The van der Waals surface area contributed by atoms with E-state index in [4.69, 9.17) is 0 Å². The van der Waals surface area contributed by atoms with Crippen LogP contribution in [0.2, 0.25) is 0 Å². The van der Waals surface area contributed by atoms with E-state index in [1.165, 1.54) is 0 Å². The minimum Gasteiger partial charge on any atom is -0.256 e.